The molecule has 0 atom stereocenters. The molecule has 3 aromatic rings. The number of nitrogens with zero attached hydrogens (tertiary/aromatic N) is 2. The van der Waals surface area contributed by atoms with Crippen molar-refractivity contribution in [2.75, 3.05) is 38.1 Å². The highest BCUT2D eigenvalue weighted by molar-refractivity contribution is 6.08. The van der Waals surface area contributed by atoms with E-state index in [1.165, 1.54) is 25.2 Å². The summed E-state index contributed by atoms with van der Waals surface area (Å²) in [5.74, 6) is -1.94. The van der Waals surface area contributed by atoms with Gasteiger partial charge >= 0.3 is 11.9 Å². The summed E-state index contributed by atoms with van der Waals surface area (Å²) in [5, 5.41) is 3.12. The second kappa shape index (κ2) is 9.41. The summed E-state index contributed by atoms with van der Waals surface area (Å²) in [6, 6.07) is 9.37. The van der Waals surface area contributed by atoms with Crippen molar-refractivity contribution in [2.45, 2.75) is 6.92 Å². The van der Waals surface area contributed by atoms with Gasteiger partial charge < -0.3 is 24.4 Å². The van der Waals surface area contributed by atoms with Crippen LogP contribution in [-0.2, 0) is 14.3 Å². The number of fused-ring (bicyclic) bond motifs is 1. The summed E-state index contributed by atoms with van der Waals surface area (Å²) in [6.07, 6.45) is 1.11. The highest BCUT2D eigenvalue weighted by atomic mass is 19.1. The van der Waals surface area contributed by atoms with E-state index in [4.69, 9.17) is 14.2 Å². The van der Waals surface area contributed by atoms with Gasteiger partial charge in [0.1, 0.15) is 11.6 Å². The van der Waals surface area contributed by atoms with Gasteiger partial charge in [0, 0.05) is 29.6 Å². The van der Waals surface area contributed by atoms with E-state index < -0.39 is 17.8 Å². The van der Waals surface area contributed by atoms with Crippen LogP contribution in [0.3, 0.4) is 0 Å². The molecule has 1 aliphatic rings. The first-order chi connectivity index (χ1) is 16.7. The van der Waals surface area contributed by atoms with Crippen LogP contribution < -0.4 is 15.0 Å². The molecular weight excluding hydrogens is 457 g/mol. The fourth-order valence-corrected chi connectivity index (χ4v) is 3.80. The van der Waals surface area contributed by atoms with Crippen LogP contribution in [0.15, 0.2) is 42.6 Å². The first-order valence-corrected chi connectivity index (χ1v) is 10.5. The van der Waals surface area contributed by atoms with Gasteiger partial charge in [-0.2, -0.15) is 0 Å². The number of ether oxygens (including phenoxy) is 3. The minimum absolute atomic E-state index is 0.00887. The number of hydrogen-bond donors (Lipinski definition) is 1. The highest BCUT2D eigenvalue weighted by Gasteiger charge is 2.27. The molecule has 35 heavy (non-hydrogen) atoms. The summed E-state index contributed by atoms with van der Waals surface area (Å²) in [5.41, 5.74) is 2.17. The number of pyridine rings is 1. The van der Waals surface area contributed by atoms with Crippen LogP contribution in [0.2, 0.25) is 0 Å². The number of hydrogen-bond acceptors (Lipinski definition) is 8. The number of nitrogens with one attached hydrogen (secondary N) is 1. The SMILES string of the molecule is COC(=O)c1cccc(Nc2cc3c(cc2-c2cc(C)ncc2F)OCC(=O)N3C)c1C(=O)OC. The number of carbonyl (C=O) groups excluding carboxylic acids is 3. The van der Waals surface area contributed by atoms with Crippen molar-refractivity contribution in [3.05, 3.63) is 65.2 Å². The van der Waals surface area contributed by atoms with Crippen molar-refractivity contribution in [1.82, 2.24) is 4.98 Å². The maximum absolute atomic E-state index is 14.9. The highest BCUT2D eigenvalue weighted by Crippen LogP contribution is 2.43. The van der Waals surface area contributed by atoms with Gasteiger partial charge in [-0.05, 0) is 37.3 Å². The van der Waals surface area contributed by atoms with E-state index in [0.717, 1.165) is 6.20 Å². The smallest absolute Gasteiger partial charge is 0.340 e. The molecule has 0 aliphatic carbocycles. The van der Waals surface area contributed by atoms with Crippen molar-refractivity contribution in [3.8, 4) is 16.9 Å². The van der Waals surface area contributed by atoms with Crippen molar-refractivity contribution in [3.63, 3.8) is 0 Å². The standard InChI is InChI=1S/C25H22FN3O6/c1-13-8-15(17(26)11-27-13)16-9-21-20(29(2)22(30)12-35-21)10-19(16)28-18-7-5-6-14(24(31)33-3)23(18)25(32)34-4/h5-11,28H,12H2,1-4H3. The predicted molar refractivity (Wildman–Crippen MR) is 126 cm³/mol. The van der Waals surface area contributed by atoms with Crippen molar-refractivity contribution >= 4 is 34.9 Å². The summed E-state index contributed by atoms with van der Waals surface area (Å²) < 4.78 is 30.2. The van der Waals surface area contributed by atoms with Crippen LogP contribution in [-0.4, -0.2) is 50.7 Å². The Hall–Kier alpha value is -4.47. The fourth-order valence-electron chi connectivity index (χ4n) is 3.80. The molecule has 1 N–H and O–H groups in total. The van der Waals surface area contributed by atoms with E-state index in [-0.39, 0.29) is 34.9 Å². The zero-order chi connectivity index (χ0) is 25.3. The zero-order valence-corrected chi connectivity index (χ0v) is 19.5. The predicted octanol–water partition coefficient (Wildman–Crippen LogP) is 3.87. The lowest BCUT2D eigenvalue weighted by atomic mass is 9.99. The van der Waals surface area contributed by atoms with Gasteiger partial charge in [-0.1, -0.05) is 6.07 Å². The molecule has 0 saturated heterocycles. The first-order valence-electron chi connectivity index (χ1n) is 10.5. The monoisotopic (exact) mass is 479 g/mol. The number of likely N-dealkylation sites (N-methyl/N-ethyl adjacent to an activating group) is 1. The molecule has 10 heteroatoms. The molecule has 0 fully saturated rings. The Morgan fingerprint density at radius 3 is 2.54 bits per heavy atom. The average Bonchev–Trinajstić information content (AvgIpc) is 2.86. The van der Waals surface area contributed by atoms with Crippen LogP contribution in [0, 0.1) is 12.7 Å². The molecule has 9 nitrogen and oxygen atoms in total. The molecule has 0 unspecified atom stereocenters. The summed E-state index contributed by atoms with van der Waals surface area (Å²) in [6.45, 7) is 1.58. The number of rotatable bonds is 5. The third-order valence-electron chi connectivity index (χ3n) is 5.60. The van der Waals surface area contributed by atoms with E-state index in [9.17, 15) is 18.8 Å². The molecule has 4 rings (SSSR count). The molecule has 180 valence electrons. The van der Waals surface area contributed by atoms with Crippen molar-refractivity contribution < 1.29 is 33.0 Å². The van der Waals surface area contributed by atoms with E-state index >= 15 is 0 Å². The molecule has 1 aromatic heterocycles. The van der Waals surface area contributed by atoms with Crippen molar-refractivity contribution in [1.29, 1.82) is 0 Å². The van der Waals surface area contributed by atoms with Crippen LogP contribution >= 0.6 is 0 Å². The van der Waals surface area contributed by atoms with Gasteiger partial charge in [-0.25, -0.2) is 14.0 Å². The Labute approximate surface area is 200 Å². The summed E-state index contributed by atoms with van der Waals surface area (Å²) in [4.78, 5) is 42.6. The molecule has 1 aliphatic heterocycles. The van der Waals surface area contributed by atoms with Gasteiger partial charge in [0.15, 0.2) is 6.61 Å². The topological polar surface area (TPSA) is 107 Å². The Morgan fingerprint density at radius 1 is 1.09 bits per heavy atom. The number of anilines is 3. The molecule has 0 spiro atoms. The van der Waals surface area contributed by atoms with Gasteiger partial charge in [0.2, 0.25) is 0 Å². The Balaban J connectivity index is 1.95. The minimum Gasteiger partial charge on any atom is -0.482 e. The molecule has 2 heterocycles. The van der Waals surface area contributed by atoms with Crippen LogP contribution in [0.5, 0.6) is 5.75 Å². The van der Waals surface area contributed by atoms with E-state index in [2.05, 4.69) is 10.3 Å². The number of carbonyl (C=O) groups is 3. The molecule has 0 bridgehead atoms. The number of methoxy groups -OCH3 is 2. The van der Waals surface area contributed by atoms with Crippen LogP contribution in [0.4, 0.5) is 21.5 Å². The van der Waals surface area contributed by atoms with Crippen LogP contribution in [0.1, 0.15) is 26.4 Å². The minimum atomic E-state index is -0.769. The number of aromatic nitrogens is 1. The maximum Gasteiger partial charge on any atom is 0.340 e. The third-order valence-corrected chi connectivity index (χ3v) is 5.60. The van der Waals surface area contributed by atoms with Gasteiger partial charge in [0.25, 0.3) is 5.91 Å². The molecule has 1 amide bonds. The van der Waals surface area contributed by atoms with Crippen LogP contribution in [0.25, 0.3) is 11.1 Å². The van der Waals surface area contributed by atoms with E-state index in [1.54, 1.807) is 44.3 Å². The quantitative estimate of drug-likeness (QED) is 0.550. The first kappa shape index (κ1) is 23.7. The molecule has 2 aromatic carbocycles. The lowest BCUT2D eigenvalue weighted by molar-refractivity contribution is -0.120. The third kappa shape index (κ3) is 4.37. The maximum atomic E-state index is 14.9. The van der Waals surface area contributed by atoms with E-state index in [0.29, 0.717) is 28.4 Å². The molecule has 0 radical (unpaired) electrons. The Bertz CT molecular complexity index is 1360. The Kier molecular flexibility index (Phi) is 6.37. The lowest BCUT2D eigenvalue weighted by Gasteiger charge is -2.28. The number of esters is 2. The largest absolute Gasteiger partial charge is 0.482 e. The number of benzene rings is 2. The average molecular weight is 479 g/mol. The lowest BCUT2D eigenvalue weighted by Crippen LogP contribution is -2.35. The number of aryl methyl sites for hydroxylation is 1. The zero-order valence-electron chi connectivity index (χ0n) is 19.5. The van der Waals surface area contributed by atoms with Gasteiger partial charge in [-0.3, -0.25) is 9.78 Å². The molecule has 0 saturated carbocycles. The Morgan fingerprint density at radius 2 is 1.83 bits per heavy atom. The number of halogens is 1. The van der Waals surface area contributed by atoms with Gasteiger partial charge in [0.05, 0.1) is 42.9 Å². The van der Waals surface area contributed by atoms with E-state index in [1.807, 2.05) is 0 Å². The summed E-state index contributed by atoms with van der Waals surface area (Å²) in [7, 11) is 3.99. The second-order valence-corrected chi connectivity index (χ2v) is 7.75. The fraction of sp³-hybridized carbons (Fsp3) is 0.200. The number of amides is 1. The summed E-state index contributed by atoms with van der Waals surface area (Å²) >= 11 is 0. The van der Waals surface area contributed by atoms with Gasteiger partial charge in [-0.15, -0.1) is 0 Å². The second-order valence-electron chi connectivity index (χ2n) is 7.75. The van der Waals surface area contributed by atoms with Crippen molar-refractivity contribution in [2.24, 2.45) is 0 Å². The molecular formula is C25H22FN3O6. The normalized spacial score (nSPS) is 12.5.